The molecule has 0 saturated heterocycles. The first kappa shape index (κ1) is 18.4. The molecule has 25 heavy (non-hydrogen) atoms. The second-order valence-electron chi connectivity index (χ2n) is 5.83. The number of nitrogens with zero attached hydrogens (tertiary/aromatic N) is 1. The van der Waals surface area contributed by atoms with Gasteiger partial charge in [0.25, 0.3) is 0 Å². The Balaban J connectivity index is 2.06. The molecule has 1 heterocycles. The zero-order chi connectivity index (χ0) is 18.1. The molecule has 5 heteroatoms. The summed E-state index contributed by atoms with van der Waals surface area (Å²) in [6.45, 7) is 3.59. The van der Waals surface area contributed by atoms with Crippen molar-refractivity contribution in [3.05, 3.63) is 72.1 Å². The summed E-state index contributed by atoms with van der Waals surface area (Å²) in [6, 6.07) is 12.6. The van der Waals surface area contributed by atoms with E-state index < -0.39 is 6.04 Å². The van der Waals surface area contributed by atoms with Crippen LogP contribution in [0.3, 0.4) is 0 Å². The normalized spacial score (nSPS) is 12.1. The monoisotopic (exact) mass is 338 g/mol. The Hall–Kier alpha value is -2.95. The van der Waals surface area contributed by atoms with Crippen LogP contribution in [-0.2, 0) is 14.3 Å². The molecular formula is C20H22N2O3. The fraction of sp³-hybridized carbons (Fsp3) is 0.250. The molecule has 0 aliphatic rings. The lowest BCUT2D eigenvalue weighted by Gasteiger charge is -2.18. The maximum absolute atomic E-state index is 12.2. The lowest BCUT2D eigenvalue weighted by atomic mass is 10.0. The molecule has 0 spiro atoms. The number of hydrogen-bond acceptors (Lipinski definition) is 4. The van der Waals surface area contributed by atoms with E-state index in [2.05, 4.69) is 10.3 Å². The lowest BCUT2D eigenvalue weighted by molar-refractivity contribution is -0.148. The summed E-state index contributed by atoms with van der Waals surface area (Å²) in [4.78, 5) is 28.2. The Morgan fingerprint density at radius 3 is 2.56 bits per heavy atom. The zero-order valence-corrected chi connectivity index (χ0v) is 14.4. The highest BCUT2D eigenvalue weighted by molar-refractivity contribution is 5.92. The summed E-state index contributed by atoms with van der Waals surface area (Å²) >= 11 is 0. The smallest absolute Gasteiger partial charge is 0.308 e. The van der Waals surface area contributed by atoms with Gasteiger partial charge in [-0.05, 0) is 37.1 Å². The van der Waals surface area contributed by atoms with Gasteiger partial charge in [-0.3, -0.25) is 14.6 Å². The SMILES string of the molecule is CC(C)OC(=O)CC(NC(=O)/C=C/c1cccnc1)c1ccccc1. The van der Waals surface area contributed by atoms with E-state index in [1.54, 1.807) is 38.4 Å². The van der Waals surface area contributed by atoms with Gasteiger partial charge >= 0.3 is 5.97 Å². The highest BCUT2D eigenvalue weighted by Crippen LogP contribution is 2.17. The molecule has 0 fully saturated rings. The van der Waals surface area contributed by atoms with E-state index in [1.807, 2.05) is 36.4 Å². The molecule has 1 aromatic carbocycles. The number of aromatic nitrogens is 1. The number of amides is 1. The van der Waals surface area contributed by atoms with Crippen LogP contribution in [0, 0.1) is 0 Å². The summed E-state index contributed by atoms with van der Waals surface area (Å²) in [6.07, 6.45) is 6.33. The Morgan fingerprint density at radius 2 is 1.92 bits per heavy atom. The van der Waals surface area contributed by atoms with Crippen LogP contribution in [0.25, 0.3) is 6.08 Å². The Bertz CT molecular complexity index is 712. The van der Waals surface area contributed by atoms with Crippen molar-refractivity contribution in [1.82, 2.24) is 10.3 Å². The van der Waals surface area contributed by atoms with Gasteiger partial charge in [0.2, 0.25) is 5.91 Å². The molecular weight excluding hydrogens is 316 g/mol. The number of carbonyl (C=O) groups excluding carboxylic acids is 2. The van der Waals surface area contributed by atoms with Crippen LogP contribution in [0.15, 0.2) is 60.9 Å². The highest BCUT2D eigenvalue weighted by Gasteiger charge is 2.19. The molecule has 1 N–H and O–H groups in total. The predicted molar refractivity (Wildman–Crippen MR) is 96.4 cm³/mol. The first-order valence-electron chi connectivity index (χ1n) is 8.17. The number of benzene rings is 1. The van der Waals surface area contributed by atoms with Gasteiger partial charge in [0.15, 0.2) is 0 Å². The van der Waals surface area contributed by atoms with Crippen molar-refractivity contribution >= 4 is 18.0 Å². The van der Waals surface area contributed by atoms with Gasteiger partial charge in [-0.1, -0.05) is 36.4 Å². The van der Waals surface area contributed by atoms with Crippen molar-refractivity contribution in [1.29, 1.82) is 0 Å². The number of nitrogens with one attached hydrogen (secondary N) is 1. The number of rotatable bonds is 7. The molecule has 1 amide bonds. The van der Waals surface area contributed by atoms with E-state index in [0.29, 0.717) is 0 Å². The summed E-state index contributed by atoms with van der Waals surface area (Å²) in [5.74, 6) is -0.629. The molecule has 2 aromatic rings. The van der Waals surface area contributed by atoms with Crippen molar-refractivity contribution < 1.29 is 14.3 Å². The van der Waals surface area contributed by atoms with Gasteiger partial charge in [-0.25, -0.2) is 0 Å². The molecule has 0 saturated carbocycles. The maximum Gasteiger partial charge on any atom is 0.308 e. The van der Waals surface area contributed by atoms with Crippen LogP contribution in [0.1, 0.15) is 37.4 Å². The molecule has 0 aliphatic carbocycles. The van der Waals surface area contributed by atoms with E-state index in [0.717, 1.165) is 11.1 Å². The minimum absolute atomic E-state index is 0.0780. The molecule has 1 aromatic heterocycles. The van der Waals surface area contributed by atoms with Gasteiger partial charge in [0.1, 0.15) is 0 Å². The quantitative estimate of drug-likeness (QED) is 0.621. The summed E-state index contributed by atoms with van der Waals surface area (Å²) < 4.78 is 5.20. The number of ether oxygens (including phenoxy) is 1. The predicted octanol–water partition coefficient (Wildman–Crippen LogP) is 3.29. The average Bonchev–Trinajstić information content (AvgIpc) is 2.60. The van der Waals surface area contributed by atoms with Crippen LogP contribution in [0.2, 0.25) is 0 Å². The van der Waals surface area contributed by atoms with E-state index in [-0.39, 0.29) is 24.4 Å². The molecule has 0 aliphatic heterocycles. The van der Waals surface area contributed by atoms with Gasteiger partial charge in [0.05, 0.1) is 18.6 Å². The van der Waals surface area contributed by atoms with Gasteiger partial charge in [-0.2, -0.15) is 0 Å². The van der Waals surface area contributed by atoms with Crippen LogP contribution in [0.5, 0.6) is 0 Å². The molecule has 0 bridgehead atoms. The number of pyridine rings is 1. The number of hydrogen-bond donors (Lipinski definition) is 1. The first-order valence-corrected chi connectivity index (χ1v) is 8.17. The minimum atomic E-state index is -0.446. The third-order valence-corrected chi connectivity index (χ3v) is 3.37. The van der Waals surface area contributed by atoms with E-state index in [4.69, 9.17) is 4.74 Å². The number of carbonyl (C=O) groups is 2. The van der Waals surface area contributed by atoms with E-state index >= 15 is 0 Å². The second kappa shape index (κ2) is 9.37. The Morgan fingerprint density at radius 1 is 1.16 bits per heavy atom. The lowest BCUT2D eigenvalue weighted by Crippen LogP contribution is -2.29. The summed E-state index contributed by atoms with van der Waals surface area (Å²) in [5, 5.41) is 2.86. The van der Waals surface area contributed by atoms with Crippen molar-refractivity contribution in [2.45, 2.75) is 32.4 Å². The van der Waals surface area contributed by atoms with Gasteiger partial charge in [0, 0.05) is 18.5 Å². The largest absolute Gasteiger partial charge is 0.463 e. The second-order valence-corrected chi connectivity index (χ2v) is 5.83. The molecule has 130 valence electrons. The molecule has 5 nitrogen and oxygen atoms in total. The van der Waals surface area contributed by atoms with Crippen LogP contribution in [-0.4, -0.2) is 23.0 Å². The van der Waals surface area contributed by atoms with Gasteiger partial charge < -0.3 is 10.1 Å². The standard InChI is InChI=1S/C20H22N2O3/c1-15(2)25-20(24)13-18(17-8-4-3-5-9-17)22-19(23)11-10-16-7-6-12-21-14-16/h3-12,14-15,18H,13H2,1-2H3,(H,22,23)/b11-10+. The zero-order valence-electron chi connectivity index (χ0n) is 14.4. The van der Waals surface area contributed by atoms with Crippen LogP contribution < -0.4 is 5.32 Å². The summed E-state index contributed by atoms with van der Waals surface area (Å²) in [5.41, 5.74) is 1.68. The fourth-order valence-electron chi connectivity index (χ4n) is 2.28. The minimum Gasteiger partial charge on any atom is -0.463 e. The van der Waals surface area contributed by atoms with Crippen LogP contribution in [0.4, 0.5) is 0 Å². The van der Waals surface area contributed by atoms with Crippen molar-refractivity contribution in [2.24, 2.45) is 0 Å². The third kappa shape index (κ3) is 6.59. The molecule has 1 unspecified atom stereocenters. The van der Waals surface area contributed by atoms with E-state index in [1.165, 1.54) is 6.08 Å². The highest BCUT2D eigenvalue weighted by atomic mass is 16.5. The molecule has 2 rings (SSSR count). The summed E-state index contributed by atoms with van der Waals surface area (Å²) in [7, 11) is 0. The topological polar surface area (TPSA) is 68.3 Å². The van der Waals surface area contributed by atoms with Crippen molar-refractivity contribution in [3.63, 3.8) is 0 Å². The van der Waals surface area contributed by atoms with Crippen molar-refractivity contribution in [3.8, 4) is 0 Å². The molecule has 1 atom stereocenters. The fourth-order valence-corrected chi connectivity index (χ4v) is 2.28. The Kier molecular flexibility index (Phi) is 6.89. The van der Waals surface area contributed by atoms with Crippen LogP contribution >= 0.6 is 0 Å². The number of esters is 1. The first-order chi connectivity index (χ1) is 12.0. The average molecular weight is 338 g/mol. The molecule has 0 radical (unpaired) electrons. The van der Waals surface area contributed by atoms with Crippen molar-refractivity contribution in [2.75, 3.05) is 0 Å². The van der Waals surface area contributed by atoms with Gasteiger partial charge in [-0.15, -0.1) is 0 Å². The van der Waals surface area contributed by atoms with E-state index in [9.17, 15) is 9.59 Å². The Labute approximate surface area is 147 Å². The third-order valence-electron chi connectivity index (χ3n) is 3.37. The maximum atomic E-state index is 12.2.